The monoisotopic (exact) mass is 214 g/mol. The summed E-state index contributed by atoms with van der Waals surface area (Å²) >= 11 is 0. The van der Waals surface area contributed by atoms with E-state index in [1.807, 2.05) is 49.4 Å². The van der Waals surface area contributed by atoms with E-state index in [9.17, 15) is 4.79 Å². The topological polar surface area (TPSA) is 30.2 Å². The number of furan rings is 1. The van der Waals surface area contributed by atoms with Crippen LogP contribution in [0.4, 0.5) is 0 Å². The summed E-state index contributed by atoms with van der Waals surface area (Å²) in [6.07, 6.45) is 2.12. The van der Waals surface area contributed by atoms with Crippen LogP contribution in [0, 0.1) is 0 Å². The van der Waals surface area contributed by atoms with Gasteiger partial charge in [-0.25, -0.2) is 0 Å². The first-order valence-electron chi connectivity index (χ1n) is 5.39. The normalized spacial score (nSPS) is 12.3. The minimum Gasteiger partial charge on any atom is -0.469 e. The average molecular weight is 214 g/mol. The van der Waals surface area contributed by atoms with Crippen molar-refractivity contribution in [1.29, 1.82) is 0 Å². The minimum absolute atomic E-state index is 0.128. The summed E-state index contributed by atoms with van der Waals surface area (Å²) in [4.78, 5) is 11.9. The molecule has 2 nitrogen and oxygen atoms in total. The number of Topliss-reactive ketones (excluding diaryl/α,β-unsaturated/α-hetero) is 1. The molecule has 0 saturated carbocycles. The van der Waals surface area contributed by atoms with Crippen molar-refractivity contribution in [2.75, 3.05) is 0 Å². The summed E-state index contributed by atoms with van der Waals surface area (Å²) < 4.78 is 5.28. The van der Waals surface area contributed by atoms with Crippen LogP contribution in [0.25, 0.3) is 0 Å². The molecule has 0 radical (unpaired) electrons. The van der Waals surface area contributed by atoms with Crippen LogP contribution >= 0.6 is 0 Å². The zero-order valence-corrected chi connectivity index (χ0v) is 9.22. The quantitative estimate of drug-likeness (QED) is 0.727. The molecule has 2 aromatic rings. The Hall–Kier alpha value is -1.83. The van der Waals surface area contributed by atoms with E-state index in [1.165, 1.54) is 0 Å². The molecule has 82 valence electrons. The van der Waals surface area contributed by atoms with Crippen LogP contribution in [0.5, 0.6) is 0 Å². The molecule has 0 saturated heterocycles. The van der Waals surface area contributed by atoms with E-state index in [2.05, 4.69) is 0 Å². The van der Waals surface area contributed by atoms with E-state index in [1.54, 1.807) is 6.26 Å². The third-order valence-corrected chi connectivity index (χ3v) is 2.62. The van der Waals surface area contributed by atoms with Gasteiger partial charge in [-0.3, -0.25) is 4.79 Å². The molecule has 0 aliphatic rings. The molecule has 1 atom stereocenters. The molecule has 2 heteroatoms. The second-order valence-electron chi connectivity index (χ2n) is 3.91. The SMILES string of the molecule is CC(CC(=O)c1ccccc1)c1ccco1. The Labute approximate surface area is 94.9 Å². The Morgan fingerprint density at radius 3 is 2.56 bits per heavy atom. The van der Waals surface area contributed by atoms with Gasteiger partial charge in [-0.15, -0.1) is 0 Å². The molecule has 1 aromatic heterocycles. The number of hydrogen-bond acceptors (Lipinski definition) is 2. The molecule has 0 fully saturated rings. The van der Waals surface area contributed by atoms with Crippen LogP contribution < -0.4 is 0 Å². The summed E-state index contributed by atoms with van der Waals surface area (Å²) in [5, 5.41) is 0. The Morgan fingerprint density at radius 2 is 1.94 bits per heavy atom. The van der Waals surface area contributed by atoms with E-state index in [0.717, 1.165) is 11.3 Å². The Balaban J connectivity index is 2.03. The predicted molar refractivity (Wildman–Crippen MR) is 62.5 cm³/mol. The van der Waals surface area contributed by atoms with Gasteiger partial charge in [0.25, 0.3) is 0 Å². The molecule has 1 unspecified atom stereocenters. The molecular formula is C14H14O2. The van der Waals surface area contributed by atoms with Gasteiger partial charge < -0.3 is 4.42 Å². The fraction of sp³-hybridized carbons (Fsp3) is 0.214. The summed E-state index contributed by atoms with van der Waals surface area (Å²) in [7, 11) is 0. The molecule has 0 aliphatic carbocycles. The number of rotatable bonds is 4. The Kier molecular flexibility index (Phi) is 3.20. The van der Waals surface area contributed by atoms with Crippen LogP contribution in [0.1, 0.15) is 35.4 Å². The highest BCUT2D eigenvalue weighted by molar-refractivity contribution is 5.96. The molecule has 0 bridgehead atoms. The van der Waals surface area contributed by atoms with Crippen molar-refractivity contribution in [2.24, 2.45) is 0 Å². The van der Waals surface area contributed by atoms with Gasteiger partial charge >= 0.3 is 0 Å². The second-order valence-corrected chi connectivity index (χ2v) is 3.91. The van der Waals surface area contributed by atoms with Gasteiger partial charge in [0.1, 0.15) is 5.76 Å². The zero-order chi connectivity index (χ0) is 11.4. The minimum atomic E-state index is 0.128. The van der Waals surface area contributed by atoms with Crippen molar-refractivity contribution in [1.82, 2.24) is 0 Å². The number of benzene rings is 1. The molecule has 0 N–H and O–H groups in total. The standard InChI is InChI=1S/C14H14O2/c1-11(14-8-5-9-16-14)10-13(15)12-6-3-2-4-7-12/h2-9,11H,10H2,1H3. The maximum Gasteiger partial charge on any atom is 0.163 e. The summed E-state index contributed by atoms with van der Waals surface area (Å²) in [5.41, 5.74) is 0.765. The van der Waals surface area contributed by atoms with E-state index >= 15 is 0 Å². The molecule has 16 heavy (non-hydrogen) atoms. The van der Waals surface area contributed by atoms with E-state index in [0.29, 0.717) is 6.42 Å². The molecule has 2 rings (SSSR count). The van der Waals surface area contributed by atoms with Crippen LogP contribution in [0.2, 0.25) is 0 Å². The second kappa shape index (κ2) is 4.79. The Morgan fingerprint density at radius 1 is 1.19 bits per heavy atom. The summed E-state index contributed by atoms with van der Waals surface area (Å²) in [6, 6.07) is 13.1. The lowest BCUT2D eigenvalue weighted by Gasteiger charge is -2.07. The summed E-state index contributed by atoms with van der Waals surface area (Å²) in [5.74, 6) is 1.15. The van der Waals surface area contributed by atoms with Crippen molar-refractivity contribution in [3.05, 3.63) is 60.1 Å². The average Bonchev–Trinajstić information content (AvgIpc) is 2.83. The van der Waals surface area contributed by atoms with Crippen LogP contribution in [-0.4, -0.2) is 5.78 Å². The maximum absolute atomic E-state index is 11.9. The highest BCUT2D eigenvalue weighted by atomic mass is 16.3. The number of carbonyl (C=O) groups is 1. The maximum atomic E-state index is 11.9. The van der Waals surface area contributed by atoms with Crippen LogP contribution in [0.3, 0.4) is 0 Å². The fourth-order valence-electron chi connectivity index (χ4n) is 1.69. The number of ketones is 1. The molecule has 0 spiro atoms. The molecule has 0 aliphatic heterocycles. The predicted octanol–water partition coefficient (Wildman–Crippen LogP) is 3.66. The van der Waals surface area contributed by atoms with Gasteiger partial charge in [0.05, 0.1) is 6.26 Å². The highest BCUT2D eigenvalue weighted by Gasteiger charge is 2.14. The lowest BCUT2D eigenvalue weighted by molar-refractivity contribution is 0.0972. The van der Waals surface area contributed by atoms with E-state index in [-0.39, 0.29) is 11.7 Å². The van der Waals surface area contributed by atoms with Gasteiger partial charge in [-0.05, 0) is 12.1 Å². The van der Waals surface area contributed by atoms with Crippen LogP contribution in [0.15, 0.2) is 53.1 Å². The van der Waals surface area contributed by atoms with Crippen LogP contribution in [-0.2, 0) is 0 Å². The first kappa shape index (κ1) is 10.7. The largest absolute Gasteiger partial charge is 0.469 e. The third kappa shape index (κ3) is 2.40. The lowest BCUT2D eigenvalue weighted by Crippen LogP contribution is -2.04. The van der Waals surface area contributed by atoms with Crippen molar-refractivity contribution in [3.8, 4) is 0 Å². The lowest BCUT2D eigenvalue weighted by atomic mass is 9.98. The van der Waals surface area contributed by atoms with Crippen molar-refractivity contribution in [2.45, 2.75) is 19.3 Å². The van der Waals surface area contributed by atoms with Crippen molar-refractivity contribution >= 4 is 5.78 Å². The molecule has 0 amide bonds. The highest BCUT2D eigenvalue weighted by Crippen LogP contribution is 2.21. The number of hydrogen-bond donors (Lipinski definition) is 0. The van der Waals surface area contributed by atoms with Gasteiger partial charge in [0.15, 0.2) is 5.78 Å². The first-order valence-corrected chi connectivity index (χ1v) is 5.39. The fourth-order valence-corrected chi connectivity index (χ4v) is 1.69. The third-order valence-electron chi connectivity index (χ3n) is 2.62. The number of carbonyl (C=O) groups excluding carboxylic acids is 1. The molecule has 1 heterocycles. The van der Waals surface area contributed by atoms with E-state index < -0.39 is 0 Å². The van der Waals surface area contributed by atoms with Crippen molar-refractivity contribution < 1.29 is 9.21 Å². The summed E-state index contributed by atoms with van der Waals surface area (Å²) in [6.45, 7) is 2.00. The van der Waals surface area contributed by atoms with E-state index in [4.69, 9.17) is 4.42 Å². The zero-order valence-electron chi connectivity index (χ0n) is 9.22. The van der Waals surface area contributed by atoms with Gasteiger partial charge in [-0.2, -0.15) is 0 Å². The molecular weight excluding hydrogens is 200 g/mol. The van der Waals surface area contributed by atoms with Gasteiger partial charge in [-0.1, -0.05) is 37.3 Å². The molecule has 1 aromatic carbocycles. The van der Waals surface area contributed by atoms with Gasteiger partial charge in [0, 0.05) is 17.9 Å². The van der Waals surface area contributed by atoms with Crippen molar-refractivity contribution in [3.63, 3.8) is 0 Å². The Bertz CT molecular complexity index is 443. The smallest absolute Gasteiger partial charge is 0.163 e. The van der Waals surface area contributed by atoms with Gasteiger partial charge in [0.2, 0.25) is 0 Å². The first-order chi connectivity index (χ1) is 7.77.